The molecule has 1 aliphatic heterocycles. The van der Waals surface area contributed by atoms with E-state index in [0.29, 0.717) is 12.1 Å². The Labute approximate surface area is 143 Å². The molecule has 2 fully saturated rings. The van der Waals surface area contributed by atoms with Crippen LogP contribution in [0.2, 0.25) is 0 Å². The Bertz CT molecular complexity index is 738. The van der Waals surface area contributed by atoms with Crippen LogP contribution in [0.25, 0.3) is 10.9 Å². The molecule has 0 radical (unpaired) electrons. The Hall–Kier alpha value is -1.81. The van der Waals surface area contributed by atoms with E-state index in [9.17, 15) is 4.79 Å². The van der Waals surface area contributed by atoms with Crippen LogP contribution in [0.15, 0.2) is 24.3 Å². The molecule has 1 aliphatic carbocycles. The number of nitrogens with zero attached hydrogens (tertiary/aromatic N) is 2. The third kappa shape index (κ3) is 2.95. The van der Waals surface area contributed by atoms with Crippen molar-refractivity contribution >= 4 is 16.8 Å². The molecule has 0 spiro atoms. The van der Waals surface area contributed by atoms with Gasteiger partial charge >= 0.3 is 0 Å². The van der Waals surface area contributed by atoms with E-state index in [1.165, 1.54) is 18.4 Å². The summed E-state index contributed by atoms with van der Waals surface area (Å²) in [7, 11) is 0. The molecule has 4 nitrogen and oxygen atoms in total. The van der Waals surface area contributed by atoms with Gasteiger partial charge in [-0.1, -0.05) is 19.1 Å². The lowest BCUT2D eigenvalue weighted by molar-refractivity contribution is 0.0549. The molecule has 1 aromatic heterocycles. The van der Waals surface area contributed by atoms with Gasteiger partial charge in [0.1, 0.15) is 5.69 Å². The molecule has 128 valence electrons. The fourth-order valence-electron chi connectivity index (χ4n) is 3.99. The lowest BCUT2D eigenvalue weighted by atomic mass is 10.0. The van der Waals surface area contributed by atoms with Crippen LogP contribution in [0.3, 0.4) is 0 Å². The number of likely N-dealkylation sites (tertiary alicyclic amines) is 1. The standard InChI is InChI=1S/C20H27N3O/c1-3-22-10-8-17(9-11-22)23(16-6-7-16)20(24)19-13-15-5-4-14(2)12-18(15)21-19/h4-5,12-13,16-17,21H,3,6-11H2,1-2H3. The Morgan fingerprint density at radius 3 is 2.54 bits per heavy atom. The van der Waals surface area contributed by atoms with Crippen molar-refractivity contribution in [3.8, 4) is 0 Å². The fraction of sp³-hybridized carbons (Fsp3) is 0.550. The third-order valence-electron chi connectivity index (χ3n) is 5.58. The number of piperidine rings is 1. The van der Waals surface area contributed by atoms with Gasteiger partial charge in [-0.2, -0.15) is 0 Å². The van der Waals surface area contributed by atoms with Gasteiger partial charge in [0.25, 0.3) is 5.91 Å². The number of carbonyl (C=O) groups is 1. The van der Waals surface area contributed by atoms with Crippen LogP contribution in [-0.4, -0.2) is 52.4 Å². The van der Waals surface area contributed by atoms with Crippen LogP contribution >= 0.6 is 0 Å². The molecular weight excluding hydrogens is 298 g/mol. The summed E-state index contributed by atoms with van der Waals surface area (Å²) in [5, 5.41) is 1.13. The first kappa shape index (κ1) is 15.7. The molecule has 1 saturated heterocycles. The zero-order valence-corrected chi connectivity index (χ0v) is 14.7. The monoisotopic (exact) mass is 325 g/mol. The number of H-pyrrole nitrogens is 1. The van der Waals surface area contributed by atoms with Crippen LogP contribution in [0.4, 0.5) is 0 Å². The van der Waals surface area contributed by atoms with Gasteiger partial charge in [-0.15, -0.1) is 0 Å². The molecule has 4 rings (SSSR count). The number of carbonyl (C=O) groups excluding carboxylic acids is 1. The maximum absolute atomic E-state index is 13.2. The second kappa shape index (κ2) is 6.25. The van der Waals surface area contributed by atoms with E-state index in [2.05, 4.69) is 46.8 Å². The molecule has 2 aliphatic rings. The van der Waals surface area contributed by atoms with Gasteiger partial charge < -0.3 is 14.8 Å². The van der Waals surface area contributed by atoms with Crippen LogP contribution in [0.1, 0.15) is 48.7 Å². The summed E-state index contributed by atoms with van der Waals surface area (Å²) in [5.41, 5.74) is 3.03. The van der Waals surface area contributed by atoms with E-state index in [0.717, 1.165) is 49.1 Å². The lowest BCUT2D eigenvalue weighted by Gasteiger charge is -2.38. The number of benzene rings is 1. The van der Waals surface area contributed by atoms with Gasteiger partial charge in [0.2, 0.25) is 0 Å². The Morgan fingerprint density at radius 1 is 1.17 bits per heavy atom. The number of nitrogens with one attached hydrogen (secondary N) is 1. The first-order chi connectivity index (χ1) is 11.7. The van der Waals surface area contributed by atoms with Crippen molar-refractivity contribution in [3.05, 3.63) is 35.5 Å². The van der Waals surface area contributed by atoms with E-state index in [-0.39, 0.29) is 5.91 Å². The SMILES string of the molecule is CCN1CCC(N(C(=O)c2cc3ccc(C)cc3[nH]2)C2CC2)CC1. The first-order valence-corrected chi connectivity index (χ1v) is 9.30. The summed E-state index contributed by atoms with van der Waals surface area (Å²) in [6.07, 6.45) is 4.54. The highest BCUT2D eigenvalue weighted by Crippen LogP contribution is 2.33. The number of aromatic nitrogens is 1. The number of rotatable bonds is 4. The molecule has 1 saturated carbocycles. The highest BCUT2D eigenvalue weighted by atomic mass is 16.2. The molecular formula is C20H27N3O. The molecule has 0 atom stereocenters. The molecule has 0 bridgehead atoms. The van der Waals surface area contributed by atoms with Gasteiger partial charge in [0.15, 0.2) is 0 Å². The number of amides is 1. The van der Waals surface area contributed by atoms with Crippen LogP contribution < -0.4 is 0 Å². The van der Waals surface area contributed by atoms with Gasteiger partial charge in [0.05, 0.1) is 0 Å². The summed E-state index contributed by atoms with van der Waals surface area (Å²) in [6.45, 7) is 7.65. The zero-order valence-electron chi connectivity index (χ0n) is 14.7. The van der Waals surface area contributed by atoms with Crippen molar-refractivity contribution in [2.45, 2.75) is 51.6 Å². The number of aromatic amines is 1. The number of hydrogen-bond donors (Lipinski definition) is 1. The minimum absolute atomic E-state index is 0.196. The van der Waals surface area contributed by atoms with Gasteiger partial charge in [-0.25, -0.2) is 0 Å². The van der Waals surface area contributed by atoms with Crippen molar-refractivity contribution in [1.29, 1.82) is 0 Å². The Morgan fingerprint density at radius 2 is 1.88 bits per heavy atom. The average molecular weight is 325 g/mol. The zero-order chi connectivity index (χ0) is 16.7. The minimum Gasteiger partial charge on any atom is -0.351 e. The third-order valence-corrected chi connectivity index (χ3v) is 5.58. The van der Waals surface area contributed by atoms with E-state index in [1.807, 2.05) is 6.07 Å². The Kier molecular flexibility index (Phi) is 4.09. The van der Waals surface area contributed by atoms with Crippen LogP contribution in [0, 0.1) is 6.92 Å². The molecule has 1 amide bonds. The van der Waals surface area contributed by atoms with Gasteiger partial charge in [-0.3, -0.25) is 4.79 Å². The summed E-state index contributed by atoms with van der Waals surface area (Å²) in [5.74, 6) is 0.196. The molecule has 1 aromatic carbocycles. The molecule has 0 unspecified atom stereocenters. The van der Waals surface area contributed by atoms with Crippen LogP contribution in [0.5, 0.6) is 0 Å². The predicted octanol–water partition coefficient (Wildman–Crippen LogP) is 3.57. The number of hydrogen-bond acceptors (Lipinski definition) is 2. The smallest absolute Gasteiger partial charge is 0.270 e. The van der Waals surface area contributed by atoms with Crippen molar-refractivity contribution in [1.82, 2.24) is 14.8 Å². The Balaban J connectivity index is 1.57. The normalized spacial score (nSPS) is 19.8. The predicted molar refractivity (Wildman–Crippen MR) is 97.4 cm³/mol. The largest absolute Gasteiger partial charge is 0.351 e. The van der Waals surface area contributed by atoms with Crippen LogP contribution in [-0.2, 0) is 0 Å². The second-order valence-corrected chi connectivity index (χ2v) is 7.38. The summed E-state index contributed by atoms with van der Waals surface area (Å²) in [4.78, 5) is 21.3. The minimum atomic E-state index is 0.196. The fourth-order valence-corrected chi connectivity index (χ4v) is 3.99. The highest BCUT2D eigenvalue weighted by Gasteiger charge is 2.39. The quantitative estimate of drug-likeness (QED) is 0.933. The van der Waals surface area contributed by atoms with Crippen molar-refractivity contribution in [2.75, 3.05) is 19.6 Å². The molecule has 2 heterocycles. The van der Waals surface area contributed by atoms with Gasteiger partial charge in [-0.05, 0) is 56.8 Å². The molecule has 1 N–H and O–H groups in total. The van der Waals surface area contributed by atoms with Gasteiger partial charge in [0, 0.05) is 36.1 Å². The molecule has 4 heteroatoms. The maximum Gasteiger partial charge on any atom is 0.270 e. The summed E-state index contributed by atoms with van der Waals surface area (Å²) < 4.78 is 0. The first-order valence-electron chi connectivity index (χ1n) is 9.30. The molecule has 2 aromatic rings. The number of fused-ring (bicyclic) bond motifs is 1. The number of aryl methyl sites for hydroxylation is 1. The second-order valence-electron chi connectivity index (χ2n) is 7.38. The van der Waals surface area contributed by atoms with E-state index in [1.54, 1.807) is 0 Å². The van der Waals surface area contributed by atoms with Crippen molar-refractivity contribution in [2.24, 2.45) is 0 Å². The van der Waals surface area contributed by atoms with E-state index in [4.69, 9.17) is 0 Å². The topological polar surface area (TPSA) is 39.3 Å². The van der Waals surface area contributed by atoms with Crippen molar-refractivity contribution < 1.29 is 4.79 Å². The summed E-state index contributed by atoms with van der Waals surface area (Å²) in [6, 6.07) is 9.20. The average Bonchev–Trinajstić information content (AvgIpc) is 3.33. The van der Waals surface area contributed by atoms with Crippen molar-refractivity contribution in [3.63, 3.8) is 0 Å². The molecule has 24 heavy (non-hydrogen) atoms. The van der Waals surface area contributed by atoms with E-state index >= 15 is 0 Å². The lowest BCUT2D eigenvalue weighted by Crippen LogP contribution is -2.48. The maximum atomic E-state index is 13.2. The highest BCUT2D eigenvalue weighted by molar-refractivity contribution is 5.98. The van der Waals surface area contributed by atoms with E-state index < -0.39 is 0 Å². The summed E-state index contributed by atoms with van der Waals surface area (Å²) >= 11 is 0.